The third-order valence-corrected chi connectivity index (χ3v) is 6.99. The van der Waals surface area contributed by atoms with Crippen LogP contribution in [0.25, 0.3) is 27.8 Å². The first-order valence-electron chi connectivity index (χ1n) is 10.4. The Morgan fingerprint density at radius 3 is 2.32 bits per heavy atom. The third-order valence-electron chi connectivity index (χ3n) is 5.26. The number of ether oxygens (including phenoxy) is 1. The number of sulfone groups is 1. The van der Waals surface area contributed by atoms with E-state index in [0.29, 0.717) is 10.6 Å². The maximum atomic E-state index is 13.2. The number of rotatable bonds is 5. The highest BCUT2D eigenvalue weighted by molar-refractivity contribution is 7.91. The van der Waals surface area contributed by atoms with Gasteiger partial charge in [-0.25, -0.2) is 23.0 Å². The minimum atomic E-state index is -4.95. The molecule has 4 rings (SSSR count). The van der Waals surface area contributed by atoms with Crippen molar-refractivity contribution in [1.82, 2.24) is 14.5 Å². The lowest BCUT2D eigenvalue weighted by Crippen LogP contribution is -2.23. The molecule has 0 spiro atoms. The second-order valence-corrected chi connectivity index (χ2v) is 9.92. The van der Waals surface area contributed by atoms with Gasteiger partial charge in [-0.05, 0) is 42.0 Å². The van der Waals surface area contributed by atoms with Crippen molar-refractivity contribution in [2.75, 3.05) is 5.75 Å². The molecular weight excluding hydrogens is 528 g/mol. The van der Waals surface area contributed by atoms with Crippen molar-refractivity contribution in [2.24, 2.45) is 0 Å². The van der Waals surface area contributed by atoms with Gasteiger partial charge in [0.2, 0.25) is 0 Å². The Kier molecular flexibility index (Phi) is 6.48. The van der Waals surface area contributed by atoms with E-state index in [2.05, 4.69) is 14.7 Å². The Bertz CT molecular complexity index is 1660. The molecule has 0 fully saturated rings. The summed E-state index contributed by atoms with van der Waals surface area (Å²) in [5, 5.41) is -0.417. The van der Waals surface area contributed by atoms with Crippen molar-refractivity contribution in [3.8, 4) is 22.7 Å². The maximum absolute atomic E-state index is 13.2. The maximum Gasteiger partial charge on any atom is 0.573 e. The first-order valence-corrected chi connectivity index (χ1v) is 12.0. The van der Waals surface area contributed by atoms with Gasteiger partial charge < -0.3 is 4.74 Å². The molecule has 0 aliphatic heterocycles. The van der Waals surface area contributed by atoms with Crippen molar-refractivity contribution in [1.29, 1.82) is 0 Å². The molecule has 0 aliphatic carbocycles. The number of benzene rings is 2. The van der Waals surface area contributed by atoms with Gasteiger partial charge in [0, 0.05) is 11.8 Å². The summed E-state index contributed by atoms with van der Waals surface area (Å²) in [6.07, 6.45) is -7.64. The highest BCUT2D eigenvalue weighted by Crippen LogP contribution is 2.32. The minimum absolute atomic E-state index is 0.0488. The van der Waals surface area contributed by atoms with Crippen LogP contribution < -0.4 is 10.3 Å². The standard InChI is InChI=1S/C23H15F6N3O4S/c1-2-37(34,35)19-9-14(13-4-3-5-16(8-13)36-23(27,28)29)11-30-20(19)32-12-31-18-7-6-15(22(24,25)26)10-17(18)21(32)33/h3-12H,2H2,1H3. The monoisotopic (exact) mass is 543 g/mol. The number of pyridine rings is 1. The summed E-state index contributed by atoms with van der Waals surface area (Å²) in [5.41, 5.74) is -1.92. The normalized spacial score (nSPS) is 12.6. The van der Waals surface area contributed by atoms with E-state index in [-0.39, 0.29) is 16.6 Å². The average molecular weight is 543 g/mol. The Morgan fingerprint density at radius 1 is 0.946 bits per heavy atom. The molecule has 0 atom stereocenters. The molecule has 14 heteroatoms. The van der Waals surface area contributed by atoms with Crippen LogP contribution in [-0.4, -0.2) is 35.1 Å². The molecule has 0 saturated heterocycles. The fourth-order valence-corrected chi connectivity index (χ4v) is 4.53. The number of alkyl halides is 6. The van der Waals surface area contributed by atoms with E-state index < -0.39 is 61.1 Å². The SMILES string of the molecule is CCS(=O)(=O)c1cc(-c2cccc(OC(F)(F)F)c2)cnc1-n1cnc2ccc(C(F)(F)F)cc2c1=O. The second-order valence-electron chi connectivity index (χ2n) is 7.67. The van der Waals surface area contributed by atoms with Crippen LogP contribution in [0.4, 0.5) is 26.3 Å². The van der Waals surface area contributed by atoms with Crippen LogP contribution in [0.15, 0.2) is 70.7 Å². The molecule has 4 aromatic rings. The summed E-state index contributed by atoms with van der Waals surface area (Å²) in [6.45, 7) is 1.32. The van der Waals surface area contributed by atoms with Crippen molar-refractivity contribution in [3.05, 3.63) is 77.0 Å². The zero-order valence-electron chi connectivity index (χ0n) is 18.6. The largest absolute Gasteiger partial charge is 0.573 e. The summed E-state index contributed by atoms with van der Waals surface area (Å²) in [5.74, 6) is -1.41. The smallest absolute Gasteiger partial charge is 0.406 e. The number of aromatic nitrogens is 3. The second kappa shape index (κ2) is 9.18. The molecule has 7 nitrogen and oxygen atoms in total. The van der Waals surface area contributed by atoms with Crippen LogP contribution in [-0.2, 0) is 16.0 Å². The van der Waals surface area contributed by atoms with Gasteiger partial charge in [-0.2, -0.15) is 13.2 Å². The molecule has 0 bridgehead atoms. The molecule has 2 aromatic heterocycles. The molecule has 37 heavy (non-hydrogen) atoms. The van der Waals surface area contributed by atoms with Gasteiger partial charge in [0.15, 0.2) is 15.7 Å². The van der Waals surface area contributed by atoms with Gasteiger partial charge in [-0.15, -0.1) is 13.2 Å². The molecule has 0 amide bonds. The molecule has 2 aromatic carbocycles. The first kappa shape index (κ1) is 26.1. The molecule has 0 N–H and O–H groups in total. The number of nitrogens with zero attached hydrogens (tertiary/aromatic N) is 3. The summed E-state index contributed by atoms with van der Waals surface area (Å²) >= 11 is 0. The van der Waals surface area contributed by atoms with Crippen molar-refractivity contribution in [2.45, 2.75) is 24.4 Å². The predicted octanol–water partition coefficient (Wildman–Crippen LogP) is 5.16. The number of hydrogen-bond acceptors (Lipinski definition) is 6. The zero-order valence-corrected chi connectivity index (χ0v) is 19.4. The summed E-state index contributed by atoms with van der Waals surface area (Å²) in [7, 11) is -4.09. The molecule has 194 valence electrons. The fourth-order valence-electron chi connectivity index (χ4n) is 3.48. The van der Waals surface area contributed by atoms with E-state index in [0.717, 1.165) is 42.9 Å². The van der Waals surface area contributed by atoms with E-state index in [1.54, 1.807) is 0 Å². The Hall–Kier alpha value is -3.94. The lowest BCUT2D eigenvalue weighted by atomic mass is 10.1. The van der Waals surface area contributed by atoms with Crippen molar-refractivity contribution in [3.63, 3.8) is 0 Å². The molecule has 0 unspecified atom stereocenters. The van der Waals surface area contributed by atoms with Gasteiger partial charge in [0.25, 0.3) is 5.56 Å². The predicted molar refractivity (Wildman–Crippen MR) is 120 cm³/mol. The van der Waals surface area contributed by atoms with Crippen LogP contribution in [0, 0.1) is 0 Å². The lowest BCUT2D eigenvalue weighted by molar-refractivity contribution is -0.274. The van der Waals surface area contributed by atoms with Crippen molar-refractivity contribution < 1.29 is 39.5 Å². The van der Waals surface area contributed by atoms with Crippen molar-refractivity contribution >= 4 is 20.7 Å². The molecule has 0 aliphatic rings. The van der Waals surface area contributed by atoms with Gasteiger partial charge >= 0.3 is 12.5 Å². The Morgan fingerprint density at radius 2 is 1.68 bits per heavy atom. The van der Waals surface area contributed by atoms with Crippen LogP contribution in [0.5, 0.6) is 5.75 Å². The quantitative estimate of drug-likeness (QED) is 0.323. The Labute approximate surface area is 204 Å². The van der Waals surface area contributed by atoms with E-state index in [1.165, 1.54) is 19.1 Å². The zero-order chi connectivity index (χ0) is 27.2. The summed E-state index contributed by atoms with van der Waals surface area (Å²) in [6, 6.07) is 8.22. The summed E-state index contributed by atoms with van der Waals surface area (Å²) in [4.78, 5) is 20.6. The third kappa shape index (κ3) is 5.43. The lowest BCUT2D eigenvalue weighted by Gasteiger charge is -2.14. The highest BCUT2D eigenvalue weighted by Gasteiger charge is 2.32. The van der Waals surface area contributed by atoms with E-state index in [9.17, 15) is 39.6 Å². The van der Waals surface area contributed by atoms with E-state index >= 15 is 0 Å². The van der Waals surface area contributed by atoms with E-state index in [4.69, 9.17) is 0 Å². The van der Waals surface area contributed by atoms with E-state index in [1.807, 2.05) is 0 Å². The van der Waals surface area contributed by atoms with Gasteiger partial charge in [0.05, 0.1) is 22.2 Å². The van der Waals surface area contributed by atoms with Gasteiger partial charge in [-0.1, -0.05) is 19.1 Å². The average Bonchev–Trinajstić information content (AvgIpc) is 2.82. The first-order chi connectivity index (χ1) is 17.2. The number of fused-ring (bicyclic) bond motifs is 1. The Balaban J connectivity index is 1.91. The van der Waals surface area contributed by atoms with Crippen LogP contribution in [0.3, 0.4) is 0 Å². The number of halogens is 6. The van der Waals surface area contributed by atoms with Gasteiger partial charge in [-0.3, -0.25) is 4.79 Å². The highest BCUT2D eigenvalue weighted by atomic mass is 32.2. The molecule has 0 saturated carbocycles. The minimum Gasteiger partial charge on any atom is -0.406 e. The summed E-state index contributed by atoms with van der Waals surface area (Å²) < 4.78 is 108. The fraction of sp³-hybridized carbons (Fsp3) is 0.174. The molecule has 2 heterocycles. The van der Waals surface area contributed by atoms with Crippen LogP contribution >= 0.6 is 0 Å². The van der Waals surface area contributed by atoms with Gasteiger partial charge in [0.1, 0.15) is 17.0 Å². The molecular formula is C23H15F6N3O4S. The van der Waals surface area contributed by atoms with Crippen LogP contribution in [0.1, 0.15) is 12.5 Å². The molecule has 0 radical (unpaired) electrons. The van der Waals surface area contributed by atoms with Crippen LogP contribution in [0.2, 0.25) is 0 Å². The number of hydrogen-bond donors (Lipinski definition) is 0. The topological polar surface area (TPSA) is 91.2 Å².